The van der Waals surface area contributed by atoms with Gasteiger partial charge >= 0.3 is 0 Å². The molecule has 1 aliphatic heterocycles. The minimum Gasteiger partial charge on any atom is -0.350 e. The van der Waals surface area contributed by atoms with Gasteiger partial charge in [-0.3, -0.25) is 9.59 Å². The highest BCUT2D eigenvalue weighted by atomic mass is 16.2. The molecule has 0 saturated carbocycles. The summed E-state index contributed by atoms with van der Waals surface area (Å²) in [6.45, 7) is 6.49. The first-order chi connectivity index (χ1) is 9.38. The molecule has 1 atom stereocenters. The zero-order valence-electron chi connectivity index (χ0n) is 12.3. The number of rotatable bonds is 2. The molecule has 0 aromatic heterocycles. The van der Waals surface area contributed by atoms with E-state index >= 15 is 0 Å². The van der Waals surface area contributed by atoms with Crippen LogP contribution in [0.4, 0.5) is 0 Å². The van der Waals surface area contributed by atoms with E-state index in [1.54, 1.807) is 17.0 Å². The third kappa shape index (κ3) is 3.38. The van der Waals surface area contributed by atoms with Crippen LogP contribution < -0.4 is 5.32 Å². The number of amides is 2. The van der Waals surface area contributed by atoms with Crippen molar-refractivity contribution in [2.45, 2.75) is 45.2 Å². The number of carbonyl (C=O) groups is 2. The van der Waals surface area contributed by atoms with Gasteiger partial charge in [0.2, 0.25) is 5.91 Å². The first-order valence-electron chi connectivity index (χ1n) is 7.06. The van der Waals surface area contributed by atoms with Crippen molar-refractivity contribution in [3.63, 3.8) is 0 Å². The van der Waals surface area contributed by atoms with Crippen LogP contribution >= 0.6 is 0 Å². The normalized spacial score (nSPS) is 18.9. The van der Waals surface area contributed by atoms with Crippen molar-refractivity contribution in [3.8, 4) is 0 Å². The van der Waals surface area contributed by atoms with Gasteiger partial charge in [-0.05, 0) is 45.7 Å². The Labute approximate surface area is 120 Å². The van der Waals surface area contributed by atoms with Crippen LogP contribution in [0.25, 0.3) is 0 Å². The molecule has 0 bridgehead atoms. The molecule has 1 heterocycles. The Morgan fingerprint density at radius 3 is 2.45 bits per heavy atom. The minimum absolute atomic E-state index is 0.0562. The van der Waals surface area contributed by atoms with E-state index in [1.165, 1.54) is 0 Å². The number of nitrogens with one attached hydrogen (secondary N) is 1. The number of likely N-dealkylation sites (tertiary alicyclic amines) is 1. The van der Waals surface area contributed by atoms with Crippen LogP contribution in [0.5, 0.6) is 0 Å². The highest BCUT2D eigenvalue weighted by molar-refractivity contribution is 5.98. The number of hydrogen-bond acceptors (Lipinski definition) is 2. The van der Waals surface area contributed by atoms with Gasteiger partial charge in [-0.25, -0.2) is 0 Å². The van der Waals surface area contributed by atoms with Gasteiger partial charge in [0, 0.05) is 17.6 Å². The summed E-state index contributed by atoms with van der Waals surface area (Å²) >= 11 is 0. The lowest BCUT2D eigenvalue weighted by Gasteiger charge is -2.28. The average Bonchev–Trinajstić information content (AvgIpc) is 2.86. The zero-order valence-corrected chi connectivity index (χ0v) is 12.3. The van der Waals surface area contributed by atoms with E-state index in [4.69, 9.17) is 0 Å². The van der Waals surface area contributed by atoms with Crippen molar-refractivity contribution in [3.05, 3.63) is 35.9 Å². The summed E-state index contributed by atoms with van der Waals surface area (Å²) in [5.74, 6) is -0.114. The highest BCUT2D eigenvalue weighted by Crippen LogP contribution is 2.21. The largest absolute Gasteiger partial charge is 0.350 e. The van der Waals surface area contributed by atoms with Gasteiger partial charge < -0.3 is 10.2 Å². The molecule has 4 nitrogen and oxygen atoms in total. The molecule has 20 heavy (non-hydrogen) atoms. The lowest BCUT2D eigenvalue weighted by molar-refractivity contribution is -0.126. The Morgan fingerprint density at radius 2 is 1.85 bits per heavy atom. The number of hydrogen-bond donors (Lipinski definition) is 1. The van der Waals surface area contributed by atoms with E-state index in [-0.39, 0.29) is 23.4 Å². The number of nitrogens with zero attached hydrogens (tertiary/aromatic N) is 1. The maximum atomic E-state index is 12.5. The third-order valence-electron chi connectivity index (χ3n) is 3.34. The van der Waals surface area contributed by atoms with Gasteiger partial charge in [0.1, 0.15) is 6.04 Å². The van der Waals surface area contributed by atoms with E-state index < -0.39 is 0 Å². The van der Waals surface area contributed by atoms with Gasteiger partial charge in [-0.1, -0.05) is 18.2 Å². The first kappa shape index (κ1) is 14.6. The van der Waals surface area contributed by atoms with Crippen molar-refractivity contribution in [2.75, 3.05) is 6.54 Å². The van der Waals surface area contributed by atoms with E-state index in [0.29, 0.717) is 12.1 Å². The predicted molar refractivity (Wildman–Crippen MR) is 78.4 cm³/mol. The molecule has 108 valence electrons. The van der Waals surface area contributed by atoms with Gasteiger partial charge in [-0.2, -0.15) is 0 Å². The van der Waals surface area contributed by atoms with E-state index in [9.17, 15) is 9.59 Å². The molecule has 1 aromatic carbocycles. The molecular formula is C16H22N2O2. The van der Waals surface area contributed by atoms with Crippen LogP contribution in [0, 0.1) is 0 Å². The standard InChI is InChI=1S/C16H22N2O2/c1-16(2,3)17-14(19)13-10-7-11-18(13)15(20)12-8-5-4-6-9-12/h4-6,8-9,13H,7,10-11H2,1-3H3,(H,17,19)/t13-/m0/s1. The highest BCUT2D eigenvalue weighted by Gasteiger charge is 2.35. The fourth-order valence-electron chi connectivity index (χ4n) is 2.48. The van der Waals surface area contributed by atoms with Crippen LogP contribution in [0.2, 0.25) is 0 Å². The second-order valence-corrected chi connectivity index (χ2v) is 6.26. The lowest BCUT2D eigenvalue weighted by Crippen LogP contribution is -2.51. The molecule has 2 rings (SSSR count). The molecule has 2 amide bonds. The summed E-state index contributed by atoms with van der Waals surface area (Å²) < 4.78 is 0. The summed E-state index contributed by atoms with van der Waals surface area (Å²) in [6.07, 6.45) is 1.61. The fourth-order valence-corrected chi connectivity index (χ4v) is 2.48. The van der Waals surface area contributed by atoms with Crippen molar-refractivity contribution in [1.82, 2.24) is 10.2 Å². The van der Waals surface area contributed by atoms with Crippen LogP contribution in [0.3, 0.4) is 0 Å². The summed E-state index contributed by atoms with van der Waals surface area (Å²) in [7, 11) is 0. The Bertz CT molecular complexity index is 491. The van der Waals surface area contributed by atoms with E-state index in [1.807, 2.05) is 39.0 Å². The van der Waals surface area contributed by atoms with Crippen LogP contribution in [0.15, 0.2) is 30.3 Å². The fraction of sp³-hybridized carbons (Fsp3) is 0.500. The van der Waals surface area contributed by atoms with Crippen molar-refractivity contribution < 1.29 is 9.59 Å². The molecule has 0 spiro atoms. The summed E-state index contributed by atoms with van der Waals surface area (Å²) in [6, 6.07) is 8.80. The topological polar surface area (TPSA) is 49.4 Å². The van der Waals surface area contributed by atoms with Crippen molar-refractivity contribution in [1.29, 1.82) is 0 Å². The molecule has 1 N–H and O–H groups in total. The molecule has 0 aliphatic carbocycles. The molecular weight excluding hydrogens is 252 g/mol. The number of carbonyl (C=O) groups excluding carboxylic acids is 2. The molecule has 0 unspecified atom stereocenters. The van der Waals surface area contributed by atoms with E-state index in [2.05, 4.69) is 5.32 Å². The minimum atomic E-state index is -0.345. The maximum absolute atomic E-state index is 12.5. The van der Waals surface area contributed by atoms with Crippen LogP contribution in [-0.4, -0.2) is 34.8 Å². The molecule has 1 aliphatic rings. The maximum Gasteiger partial charge on any atom is 0.254 e. The summed E-state index contributed by atoms with van der Waals surface area (Å²) in [5.41, 5.74) is 0.365. The molecule has 4 heteroatoms. The molecule has 1 fully saturated rings. The molecule has 0 radical (unpaired) electrons. The van der Waals surface area contributed by atoms with Gasteiger partial charge in [0.05, 0.1) is 0 Å². The monoisotopic (exact) mass is 274 g/mol. The number of benzene rings is 1. The average molecular weight is 274 g/mol. The Morgan fingerprint density at radius 1 is 1.20 bits per heavy atom. The van der Waals surface area contributed by atoms with Gasteiger partial charge in [0.15, 0.2) is 0 Å². The Balaban J connectivity index is 2.11. The molecule has 1 saturated heterocycles. The third-order valence-corrected chi connectivity index (χ3v) is 3.34. The molecule has 1 aromatic rings. The van der Waals surface area contributed by atoms with Crippen LogP contribution in [-0.2, 0) is 4.79 Å². The summed E-state index contributed by atoms with van der Waals surface area (Å²) in [4.78, 5) is 26.5. The lowest BCUT2D eigenvalue weighted by atomic mass is 10.1. The SMILES string of the molecule is CC(C)(C)NC(=O)[C@@H]1CCCN1C(=O)c1ccccc1. The van der Waals surface area contributed by atoms with E-state index in [0.717, 1.165) is 12.8 Å². The second-order valence-electron chi connectivity index (χ2n) is 6.26. The predicted octanol–water partition coefficient (Wildman–Crippen LogP) is 2.21. The summed E-state index contributed by atoms with van der Waals surface area (Å²) in [5, 5.41) is 2.96. The zero-order chi connectivity index (χ0) is 14.8. The second kappa shape index (κ2) is 5.65. The Kier molecular flexibility index (Phi) is 4.12. The Hall–Kier alpha value is -1.84. The van der Waals surface area contributed by atoms with Crippen LogP contribution in [0.1, 0.15) is 44.0 Å². The smallest absolute Gasteiger partial charge is 0.254 e. The first-order valence-corrected chi connectivity index (χ1v) is 7.06. The van der Waals surface area contributed by atoms with Gasteiger partial charge in [0.25, 0.3) is 5.91 Å². The van der Waals surface area contributed by atoms with Crippen molar-refractivity contribution in [2.24, 2.45) is 0 Å². The van der Waals surface area contributed by atoms with Gasteiger partial charge in [-0.15, -0.1) is 0 Å². The van der Waals surface area contributed by atoms with Crippen molar-refractivity contribution >= 4 is 11.8 Å². The quantitative estimate of drug-likeness (QED) is 0.899.